The second kappa shape index (κ2) is 10.8. The predicted octanol–water partition coefficient (Wildman–Crippen LogP) is 1.32. The number of nitrogens with one attached hydrogen (secondary N) is 2. The van der Waals surface area contributed by atoms with E-state index in [0.29, 0.717) is 16.9 Å². The summed E-state index contributed by atoms with van der Waals surface area (Å²) in [6, 6.07) is 4.39. The molecule has 1 aromatic carbocycles. The van der Waals surface area contributed by atoms with Crippen LogP contribution in [-0.4, -0.2) is 66.5 Å². The number of hydrazone groups is 1. The SMILES string of the molecule is CNC(=O)C(CCC=O)N1N=Cc2cccc(OCCNC(=O)OC(C)(C)C)c2C1O. The molecule has 0 bridgehead atoms. The highest BCUT2D eigenvalue weighted by Crippen LogP contribution is 2.35. The Morgan fingerprint density at radius 3 is 2.74 bits per heavy atom. The van der Waals surface area contributed by atoms with E-state index in [-0.39, 0.29) is 31.9 Å². The van der Waals surface area contributed by atoms with Crippen molar-refractivity contribution in [1.82, 2.24) is 15.6 Å². The van der Waals surface area contributed by atoms with Gasteiger partial charge in [-0.2, -0.15) is 5.10 Å². The monoisotopic (exact) mass is 434 g/mol. The molecule has 2 atom stereocenters. The van der Waals surface area contributed by atoms with E-state index in [4.69, 9.17) is 9.47 Å². The maximum Gasteiger partial charge on any atom is 0.407 e. The molecule has 0 aromatic heterocycles. The van der Waals surface area contributed by atoms with Gasteiger partial charge < -0.3 is 30.0 Å². The lowest BCUT2D eigenvalue weighted by Gasteiger charge is -2.35. The first-order valence-corrected chi connectivity index (χ1v) is 10.1. The van der Waals surface area contributed by atoms with Crippen molar-refractivity contribution in [3.63, 3.8) is 0 Å². The highest BCUT2D eigenvalue weighted by atomic mass is 16.6. The van der Waals surface area contributed by atoms with Gasteiger partial charge in [0.2, 0.25) is 5.91 Å². The van der Waals surface area contributed by atoms with Gasteiger partial charge in [-0.05, 0) is 33.3 Å². The zero-order valence-corrected chi connectivity index (χ0v) is 18.3. The van der Waals surface area contributed by atoms with Crippen molar-refractivity contribution in [2.45, 2.75) is 51.5 Å². The maximum atomic E-state index is 12.3. The van der Waals surface area contributed by atoms with Gasteiger partial charge in [-0.3, -0.25) is 9.80 Å². The minimum absolute atomic E-state index is 0.142. The highest BCUT2D eigenvalue weighted by molar-refractivity contribution is 5.86. The molecule has 1 aliphatic rings. The number of aliphatic hydroxyl groups is 1. The van der Waals surface area contributed by atoms with E-state index < -0.39 is 24.0 Å². The Balaban J connectivity index is 2.09. The van der Waals surface area contributed by atoms with Gasteiger partial charge in [-0.15, -0.1) is 0 Å². The van der Waals surface area contributed by atoms with Crippen molar-refractivity contribution in [3.05, 3.63) is 29.3 Å². The van der Waals surface area contributed by atoms with E-state index in [1.165, 1.54) is 18.3 Å². The molecule has 10 nitrogen and oxygen atoms in total. The third-order valence-electron chi connectivity index (χ3n) is 4.39. The van der Waals surface area contributed by atoms with Gasteiger partial charge in [0, 0.05) is 19.0 Å². The summed E-state index contributed by atoms with van der Waals surface area (Å²) >= 11 is 0. The predicted molar refractivity (Wildman–Crippen MR) is 114 cm³/mol. The van der Waals surface area contributed by atoms with E-state index in [1.54, 1.807) is 39.0 Å². The van der Waals surface area contributed by atoms with Crippen LogP contribution >= 0.6 is 0 Å². The van der Waals surface area contributed by atoms with E-state index in [0.717, 1.165) is 6.29 Å². The van der Waals surface area contributed by atoms with Crippen LogP contribution in [0.1, 0.15) is 51.0 Å². The third kappa shape index (κ3) is 6.68. The molecule has 2 rings (SSSR count). The molecule has 2 unspecified atom stereocenters. The summed E-state index contributed by atoms with van der Waals surface area (Å²) in [6.45, 7) is 5.66. The number of aldehydes is 1. The first-order valence-electron chi connectivity index (χ1n) is 10.1. The molecule has 10 heteroatoms. The third-order valence-corrected chi connectivity index (χ3v) is 4.39. The smallest absolute Gasteiger partial charge is 0.407 e. The van der Waals surface area contributed by atoms with Crippen LogP contribution in [0.25, 0.3) is 0 Å². The average Bonchev–Trinajstić information content (AvgIpc) is 2.71. The van der Waals surface area contributed by atoms with Crippen LogP contribution in [-0.2, 0) is 14.3 Å². The number of benzene rings is 1. The number of carbonyl (C=O) groups is 3. The highest BCUT2D eigenvalue weighted by Gasteiger charge is 2.34. The van der Waals surface area contributed by atoms with Crippen LogP contribution in [0, 0.1) is 0 Å². The fraction of sp³-hybridized carbons (Fsp3) is 0.524. The first-order chi connectivity index (χ1) is 14.7. The lowest BCUT2D eigenvalue weighted by atomic mass is 10.0. The Morgan fingerprint density at radius 2 is 2.10 bits per heavy atom. The minimum atomic E-state index is -1.25. The number of hydrogen-bond donors (Lipinski definition) is 3. The molecule has 3 N–H and O–H groups in total. The Hall–Kier alpha value is -3.14. The number of aliphatic hydroxyl groups excluding tert-OH is 1. The molecule has 31 heavy (non-hydrogen) atoms. The minimum Gasteiger partial charge on any atom is -0.491 e. The second-order valence-electron chi connectivity index (χ2n) is 7.91. The molecule has 0 aliphatic carbocycles. The van der Waals surface area contributed by atoms with E-state index in [1.807, 2.05) is 0 Å². The van der Waals surface area contributed by atoms with Crippen molar-refractivity contribution in [2.75, 3.05) is 20.2 Å². The van der Waals surface area contributed by atoms with Gasteiger partial charge in [0.1, 0.15) is 30.3 Å². The number of alkyl carbamates (subject to hydrolysis) is 1. The summed E-state index contributed by atoms with van der Waals surface area (Å²) < 4.78 is 10.9. The summed E-state index contributed by atoms with van der Waals surface area (Å²) in [5.41, 5.74) is 0.504. The summed E-state index contributed by atoms with van der Waals surface area (Å²) in [7, 11) is 1.48. The molecular formula is C21H30N4O6. The van der Waals surface area contributed by atoms with Crippen LogP contribution < -0.4 is 15.4 Å². The molecule has 1 heterocycles. The van der Waals surface area contributed by atoms with Crippen LogP contribution in [0.4, 0.5) is 4.79 Å². The number of carbonyl (C=O) groups excluding carboxylic acids is 3. The molecule has 0 fully saturated rings. The molecule has 1 aromatic rings. The molecule has 2 amide bonds. The van der Waals surface area contributed by atoms with E-state index >= 15 is 0 Å². The maximum absolute atomic E-state index is 12.3. The zero-order chi connectivity index (χ0) is 23.0. The van der Waals surface area contributed by atoms with Gasteiger partial charge in [0.25, 0.3) is 0 Å². The van der Waals surface area contributed by atoms with E-state index in [2.05, 4.69) is 15.7 Å². The zero-order valence-electron chi connectivity index (χ0n) is 18.3. The molecule has 1 aliphatic heterocycles. The standard InChI is InChI=1S/C21H30N4O6/c1-21(2,3)31-20(29)23-10-12-30-16-9-5-7-14-13-24-25(19(28)17(14)16)15(8-6-11-26)18(27)22-4/h5,7,9,11,13,15,19,28H,6,8,10,12H2,1-4H3,(H,22,27)(H,23,29). The summed E-state index contributed by atoms with van der Waals surface area (Å²) in [5, 5.41) is 21.6. The number of fused-ring (bicyclic) bond motifs is 1. The Bertz CT molecular complexity index is 821. The van der Waals surface area contributed by atoms with Gasteiger partial charge in [0.05, 0.1) is 18.3 Å². The number of amides is 2. The van der Waals surface area contributed by atoms with Crippen molar-refractivity contribution < 1.29 is 29.0 Å². The topological polar surface area (TPSA) is 130 Å². The molecule has 0 saturated carbocycles. The normalized spacial score (nSPS) is 16.2. The van der Waals surface area contributed by atoms with Crippen LogP contribution in [0.5, 0.6) is 5.75 Å². The number of nitrogens with zero attached hydrogens (tertiary/aromatic N) is 2. The van der Waals surface area contributed by atoms with Gasteiger partial charge in [0.15, 0.2) is 6.23 Å². The van der Waals surface area contributed by atoms with E-state index in [9.17, 15) is 19.5 Å². The Labute approximate surface area is 181 Å². The molecule has 0 radical (unpaired) electrons. The molecular weight excluding hydrogens is 404 g/mol. The van der Waals surface area contributed by atoms with Gasteiger partial charge in [-0.1, -0.05) is 12.1 Å². The summed E-state index contributed by atoms with van der Waals surface area (Å²) in [6.07, 6.45) is 0.812. The lowest BCUT2D eigenvalue weighted by molar-refractivity contribution is -0.132. The van der Waals surface area contributed by atoms with Crippen LogP contribution in [0.2, 0.25) is 0 Å². The summed E-state index contributed by atoms with van der Waals surface area (Å²) in [5.74, 6) is 0.0413. The Morgan fingerprint density at radius 1 is 1.35 bits per heavy atom. The second-order valence-corrected chi connectivity index (χ2v) is 7.91. The van der Waals surface area contributed by atoms with Crippen molar-refractivity contribution in [3.8, 4) is 5.75 Å². The van der Waals surface area contributed by atoms with Crippen LogP contribution in [0.3, 0.4) is 0 Å². The van der Waals surface area contributed by atoms with Crippen molar-refractivity contribution >= 4 is 24.5 Å². The quantitative estimate of drug-likeness (QED) is 0.395. The van der Waals surface area contributed by atoms with Crippen molar-refractivity contribution in [2.24, 2.45) is 5.10 Å². The first kappa shape index (κ1) is 24.1. The number of rotatable bonds is 9. The van der Waals surface area contributed by atoms with Gasteiger partial charge in [-0.25, -0.2) is 4.79 Å². The van der Waals surface area contributed by atoms with Gasteiger partial charge >= 0.3 is 6.09 Å². The van der Waals surface area contributed by atoms with Crippen LogP contribution in [0.15, 0.2) is 23.3 Å². The fourth-order valence-electron chi connectivity index (χ4n) is 3.06. The number of hydrogen-bond acceptors (Lipinski definition) is 8. The number of ether oxygens (including phenoxy) is 2. The summed E-state index contributed by atoms with van der Waals surface area (Å²) in [4.78, 5) is 34.8. The Kier molecular flexibility index (Phi) is 8.38. The molecule has 170 valence electrons. The fourth-order valence-corrected chi connectivity index (χ4v) is 3.06. The average molecular weight is 434 g/mol. The molecule has 0 saturated heterocycles. The largest absolute Gasteiger partial charge is 0.491 e. The molecule has 0 spiro atoms. The lowest BCUT2D eigenvalue weighted by Crippen LogP contribution is -2.46. The number of likely N-dealkylation sites (N-methyl/N-ethyl adjacent to an activating group) is 1. The van der Waals surface area contributed by atoms with Crippen molar-refractivity contribution in [1.29, 1.82) is 0 Å².